The fraction of sp³-hybridized carbons (Fsp3) is 0.200. The number of hydrogen-bond donors (Lipinski definition) is 2. The molecule has 0 unspecified atom stereocenters. The second-order valence-corrected chi connectivity index (χ2v) is 8.16. The largest absolute Gasteiger partial charge is 0.337 e. The van der Waals surface area contributed by atoms with E-state index in [1.165, 1.54) is 0 Å². The smallest absolute Gasteiger partial charge is 0.269 e. The number of benzene rings is 1. The van der Waals surface area contributed by atoms with Gasteiger partial charge in [-0.05, 0) is 18.6 Å². The number of amides is 1. The number of carbonyl (C=O) groups excluding carboxylic acids is 1. The number of nitrogens with zero attached hydrogens (tertiary/aromatic N) is 4. The summed E-state index contributed by atoms with van der Waals surface area (Å²) >= 11 is 0.799. The molecule has 26 heavy (non-hydrogen) atoms. The summed E-state index contributed by atoms with van der Waals surface area (Å²) in [6.07, 6.45) is 5.74. The third-order valence-corrected chi connectivity index (χ3v) is 6.00. The second kappa shape index (κ2) is 8.17. The van der Waals surface area contributed by atoms with Crippen LogP contribution in [0.4, 0.5) is 5.13 Å². The molecule has 9 nitrogen and oxygen atoms in total. The van der Waals surface area contributed by atoms with Crippen molar-refractivity contribution in [1.29, 1.82) is 0 Å². The first-order valence-corrected chi connectivity index (χ1v) is 10.00. The molecule has 11 heteroatoms. The minimum absolute atomic E-state index is 0.123. The van der Waals surface area contributed by atoms with Crippen molar-refractivity contribution < 1.29 is 13.2 Å². The van der Waals surface area contributed by atoms with Gasteiger partial charge in [0.1, 0.15) is 0 Å². The van der Waals surface area contributed by atoms with Gasteiger partial charge < -0.3 is 4.57 Å². The summed E-state index contributed by atoms with van der Waals surface area (Å²) in [5.74, 6) is -0.376. The Morgan fingerprint density at radius 3 is 2.73 bits per heavy atom. The Hall–Kier alpha value is -2.63. The van der Waals surface area contributed by atoms with E-state index < -0.39 is 10.0 Å². The zero-order chi connectivity index (χ0) is 18.4. The second-order valence-electron chi connectivity index (χ2n) is 5.25. The lowest BCUT2D eigenvalue weighted by Crippen LogP contribution is -2.25. The number of aromatic nitrogens is 4. The lowest BCUT2D eigenvalue weighted by molar-refractivity contribution is 0.102. The summed E-state index contributed by atoms with van der Waals surface area (Å²) in [6.45, 7) is 0.906. The number of anilines is 1. The molecule has 0 bridgehead atoms. The number of hydrogen-bond acceptors (Lipinski definition) is 7. The molecule has 0 aliphatic heterocycles. The van der Waals surface area contributed by atoms with Crippen LogP contribution in [0, 0.1) is 0 Å². The predicted octanol–water partition coefficient (Wildman–Crippen LogP) is 1.36. The Labute approximate surface area is 154 Å². The Morgan fingerprint density at radius 2 is 2.00 bits per heavy atom. The van der Waals surface area contributed by atoms with Crippen LogP contribution in [0.3, 0.4) is 0 Å². The molecule has 0 saturated carbocycles. The third kappa shape index (κ3) is 4.71. The van der Waals surface area contributed by atoms with Crippen molar-refractivity contribution in [3.63, 3.8) is 0 Å². The molecule has 0 aliphatic rings. The van der Waals surface area contributed by atoms with Crippen LogP contribution in [-0.2, 0) is 16.6 Å². The molecule has 0 saturated heterocycles. The van der Waals surface area contributed by atoms with Crippen molar-refractivity contribution in [3.8, 4) is 0 Å². The molecule has 1 amide bonds. The Balaban J connectivity index is 1.54. The molecule has 2 heterocycles. The van der Waals surface area contributed by atoms with Gasteiger partial charge in [-0.2, -0.15) is 0 Å². The number of imidazole rings is 1. The maximum absolute atomic E-state index is 12.2. The molecule has 0 fully saturated rings. The Bertz CT molecular complexity index is 954. The van der Waals surface area contributed by atoms with Crippen LogP contribution in [0.5, 0.6) is 0 Å². The summed E-state index contributed by atoms with van der Waals surface area (Å²) in [7, 11) is -3.76. The van der Waals surface area contributed by atoms with E-state index >= 15 is 0 Å². The maximum Gasteiger partial charge on any atom is 0.269 e. The van der Waals surface area contributed by atoms with Crippen molar-refractivity contribution in [2.24, 2.45) is 0 Å². The molecule has 0 spiro atoms. The van der Waals surface area contributed by atoms with E-state index in [1.54, 1.807) is 49.1 Å². The molecule has 0 atom stereocenters. The predicted molar refractivity (Wildman–Crippen MR) is 96.3 cm³/mol. The summed E-state index contributed by atoms with van der Waals surface area (Å²) < 4.78 is 28.6. The number of sulfonamides is 1. The van der Waals surface area contributed by atoms with Gasteiger partial charge in [0.05, 0.1) is 6.33 Å². The van der Waals surface area contributed by atoms with Crippen LogP contribution in [-0.4, -0.2) is 40.6 Å². The lowest BCUT2D eigenvalue weighted by Gasteiger charge is -2.04. The van der Waals surface area contributed by atoms with E-state index in [0.717, 1.165) is 11.3 Å². The van der Waals surface area contributed by atoms with Gasteiger partial charge in [-0.25, -0.2) is 18.1 Å². The topological polar surface area (TPSA) is 119 Å². The number of nitrogens with one attached hydrogen (secondary N) is 2. The molecule has 1 aromatic carbocycles. The lowest BCUT2D eigenvalue weighted by atomic mass is 10.2. The van der Waals surface area contributed by atoms with Gasteiger partial charge in [0.15, 0.2) is 0 Å². The zero-order valence-electron chi connectivity index (χ0n) is 13.6. The van der Waals surface area contributed by atoms with Gasteiger partial charge in [0.2, 0.25) is 9.47 Å². The van der Waals surface area contributed by atoms with E-state index in [2.05, 4.69) is 25.2 Å². The number of rotatable bonds is 8. The van der Waals surface area contributed by atoms with Gasteiger partial charge >= 0.3 is 0 Å². The van der Waals surface area contributed by atoms with Crippen LogP contribution in [0.25, 0.3) is 0 Å². The van der Waals surface area contributed by atoms with E-state index in [1.807, 2.05) is 4.57 Å². The van der Waals surface area contributed by atoms with Crippen molar-refractivity contribution >= 4 is 32.4 Å². The van der Waals surface area contributed by atoms with Gasteiger partial charge in [-0.3, -0.25) is 10.1 Å². The van der Waals surface area contributed by atoms with E-state index in [0.29, 0.717) is 18.5 Å². The molecular formula is C15H16N6O3S2. The van der Waals surface area contributed by atoms with Crippen LogP contribution < -0.4 is 10.0 Å². The highest BCUT2D eigenvalue weighted by atomic mass is 32.2. The van der Waals surface area contributed by atoms with E-state index in [4.69, 9.17) is 0 Å². The first-order valence-electron chi connectivity index (χ1n) is 7.70. The summed E-state index contributed by atoms with van der Waals surface area (Å²) in [5.41, 5.74) is 0.449. The van der Waals surface area contributed by atoms with Gasteiger partial charge in [0.25, 0.3) is 15.9 Å². The first-order chi connectivity index (χ1) is 12.5. The normalized spacial score (nSPS) is 11.4. The standard InChI is InChI=1S/C15H16N6O3S2/c22-13(12-5-2-1-3-6-12)18-14-19-20-15(25-14)26(23,24)17-7-4-9-21-10-8-16-11-21/h1-3,5-6,8,10-11,17H,4,7,9H2,(H,18,19,22). The van der Waals surface area contributed by atoms with Crippen LogP contribution in [0.15, 0.2) is 53.4 Å². The summed E-state index contributed by atoms with van der Waals surface area (Å²) in [4.78, 5) is 16.0. The minimum Gasteiger partial charge on any atom is -0.337 e. The highest BCUT2D eigenvalue weighted by Crippen LogP contribution is 2.20. The van der Waals surface area contributed by atoms with Gasteiger partial charge in [-0.15, -0.1) is 10.2 Å². The third-order valence-electron chi connectivity index (χ3n) is 3.34. The summed E-state index contributed by atoms with van der Waals surface area (Å²) in [6, 6.07) is 8.56. The zero-order valence-corrected chi connectivity index (χ0v) is 15.2. The average molecular weight is 392 g/mol. The fourth-order valence-electron chi connectivity index (χ4n) is 2.08. The van der Waals surface area contributed by atoms with Crippen molar-refractivity contribution in [1.82, 2.24) is 24.5 Å². The molecule has 0 radical (unpaired) electrons. The Morgan fingerprint density at radius 1 is 1.19 bits per heavy atom. The molecule has 2 N–H and O–H groups in total. The van der Waals surface area contributed by atoms with Crippen LogP contribution >= 0.6 is 11.3 Å². The van der Waals surface area contributed by atoms with E-state index in [-0.39, 0.29) is 21.9 Å². The SMILES string of the molecule is O=C(Nc1nnc(S(=O)(=O)NCCCn2ccnc2)s1)c1ccccc1. The number of aryl methyl sites for hydroxylation is 1. The van der Waals surface area contributed by atoms with Crippen molar-refractivity contribution in [3.05, 3.63) is 54.6 Å². The molecule has 3 rings (SSSR count). The first kappa shape index (κ1) is 18.2. The highest BCUT2D eigenvalue weighted by Gasteiger charge is 2.20. The van der Waals surface area contributed by atoms with Gasteiger partial charge in [-0.1, -0.05) is 29.5 Å². The van der Waals surface area contributed by atoms with E-state index in [9.17, 15) is 13.2 Å². The molecule has 136 valence electrons. The van der Waals surface area contributed by atoms with Crippen molar-refractivity contribution in [2.75, 3.05) is 11.9 Å². The van der Waals surface area contributed by atoms with Crippen LogP contribution in [0.2, 0.25) is 0 Å². The quantitative estimate of drug-likeness (QED) is 0.441. The fourth-order valence-corrected chi connectivity index (χ4v) is 4.09. The van der Waals surface area contributed by atoms with Crippen LogP contribution in [0.1, 0.15) is 16.8 Å². The Kier molecular flexibility index (Phi) is 5.71. The molecule has 2 aromatic heterocycles. The monoisotopic (exact) mass is 392 g/mol. The average Bonchev–Trinajstić information content (AvgIpc) is 3.32. The molecular weight excluding hydrogens is 376 g/mol. The number of carbonyl (C=O) groups is 1. The van der Waals surface area contributed by atoms with Gasteiger partial charge in [0, 0.05) is 31.0 Å². The molecule has 3 aromatic rings. The summed E-state index contributed by atoms with van der Waals surface area (Å²) in [5, 5.41) is 10.0. The molecule has 0 aliphatic carbocycles. The highest BCUT2D eigenvalue weighted by molar-refractivity contribution is 7.91. The van der Waals surface area contributed by atoms with Crippen molar-refractivity contribution in [2.45, 2.75) is 17.3 Å². The minimum atomic E-state index is -3.76. The maximum atomic E-state index is 12.2.